The van der Waals surface area contributed by atoms with Crippen LogP contribution in [0, 0.1) is 5.92 Å². The number of hydrogen-bond donors (Lipinski definition) is 2. The van der Waals surface area contributed by atoms with Crippen LogP contribution in [-0.2, 0) is 0 Å². The lowest BCUT2D eigenvalue weighted by atomic mass is 9.90. The lowest BCUT2D eigenvalue weighted by Crippen LogP contribution is -2.23. The van der Waals surface area contributed by atoms with E-state index in [0.717, 1.165) is 17.3 Å². The van der Waals surface area contributed by atoms with Crippen molar-refractivity contribution >= 4 is 22.1 Å². The van der Waals surface area contributed by atoms with E-state index in [4.69, 9.17) is 0 Å². The maximum Gasteiger partial charge on any atom is 0.124 e. The molecule has 1 aromatic carbocycles. The molecule has 0 bridgehead atoms. The van der Waals surface area contributed by atoms with Gasteiger partial charge in [-0.1, -0.05) is 28.1 Å². The Kier molecular flexibility index (Phi) is 4.55. The molecule has 0 aliphatic heterocycles. The molecule has 2 rings (SSSR count). The predicted octanol–water partition coefficient (Wildman–Crippen LogP) is 2.90. The molecule has 2 N–H and O–H groups in total. The lowest BCUT2D eigenvalue weighted by Gasteiger charge is -2.23. The zero-order chi connectivity index (χ0) is 13.0. The second-order valence-electron chi connectivity index (χ2n) is 4.43. The molecule has 0 saturated carbocycles. The number of halogens is 1. The van der Waals surface area contributed by atoms with Crippen LogP contribution in [0.5, 0.6) is 5.75 Å². The number of allylic oxidation sites excluding steroid dienone is 1. The molecule has 0 fully saturated rings. The Hall–Kier alpha value is -1.13. The number of aromatic hydroxyl groups is 1. The molecule has 0 saturated heterocycles. The SMILES string of the molecule is OC[C@H]1CC=CC[C@@H]1N=Cc1cc(Br)ccc1O. The fourth-order valence-corrected chi connectivity index (χ4v) is 2.42. The molecular formula is C14H16BrNO2. The minimum atomic E-state index is 0.0957. The van der Waals surface area contributed by atoms with Crippen LogP contribution in [0.3, 0.4) is 0 Å². The summed E-state index contributed by atoms with van der Waals surface area (Å²) in [6.45, 7) is 0.150. The van der Waals surface area contributed by atoms with Crippen LogP contribution in [-0.4, -0.2) is 29.1 Å². The molecule has 0 aromatic heterocycles. The van der Waals surface area contributed by atoms with Crippen molar-refractivity contribution in [3.8, 4) is 5.75 Å². The number of aliphatic imine (C=N–C) groups is 1. The van der Waals surface area contributed by atoms with E-state index in [2.05, 4.69) is 33.1 Å². The number of aliphatic hydroxyl groups excluding tert-OH is 1. The third-order valence-electron chi connectivity index (χ3n) is 3.16. The summed E-state index contributed by atoms with van der Waals surface area (Å²) in [5.74, 6) is 0.398. The molecule has 0 radical (unpaired) electrons. The lowest BCUT2D eigenvalue weighted by molar-refractivity contribution is 0.203. The molecule has 1 aliphatic carbocycles. The molecule has 0 spiro atoms. The second kappa shape index (κ2) is 6.16. The highest BCUT2D eigenvalue weighted by molar-refractivity contribution is 9.10. The first-order valence-corrected chi connectivity index (χ1v) is 6.77. The summed E-state index contributed by atoms with van der Waals surface area (Å²) in [4.78, 5) is 4.49. The molecule has 2 atom stereocenters. The molecule has 1 aliphatic rings. The van der Waals surface area contributed by atoms with E-state index in [1.54, 1.807) is 18.3 Å². The van der Waals surface area contributed by atoms with Crippen LogP contribution in [0.15, 0.2) is 39.8 Å². The number of nitrogens with zero attached hydrogens (tertiary/aromatic N) is 1. The van der Waals surface area contributed by atoms with Crippen molar-refractivity contribution in [1.82, 2.24) is 0 Å². The molecule has 0 unspecified atom stereocenters. The van der Waals surface area contributed by atoms with E-state index in [1.165, 1.54) is 0 Å². The van der Waals surface area contributed by atoms with E-state index in [9.17, 15) is 10.2 Å². The third-order valence-corrected chi connectivity index (χ3v) is 3.65. The van der Waals surface area contributed by atoms with Crippen molar-refractivity contribution in [3.05, 3.63) is 40.4 Å². The fraction of sp³-hybridized carbons (Fsp3) is 0.357. The number of rotatable bonds is 3. The van der Waals surface area contributed by atoms with Gasteiger partial charge in [-0.25, -0.2) is 0 Å². The molecule has 18 heavy (non-hydrogen) atoms. The van der Waals surface area contributed by atoms with E-state index in [-0.39, 0.29) is 24.3 Å². The monoisotopic (exact) mass is 309 g/mol. The van der Waals surface area contributed by atoms with Crippen molar-refractivity contribution in [2.45, 2.75) is 18.9 Å². The molecule has 0 heterocycles. The Bertz CT molecular complexity index is 471. The third kappa shape index (κ3) is 3.21. The van der Waals surface area contributed by atoms with Gasteiger partial charge in [0, 0.05) is 28.8 Å². The Morgan fingerprint density at radius 1 is 1.33 bits per heavy atom. The first-order chi connectivity index (χ1) is 8.70. The van der Waals surface area contributed by atoms with Crippen molar-refractivity contribution in [2.24, 2.45) is 10.9 Å². The Labute approximate surface area is 115 Å². The number of phenolic OH excluding ortho intramolecular Hbond substituents is 1. The average Bonchev–Trinajstić information content (AvgIpc) is 2.40. The Morgan fingerprint density at radius 3 is 2.89 bits per heavy atom. The van der Waals surface area contributed by atoms with Gasteiger partial charge in [0.2, 0.25) is 0 Å². The largest absolute Gasteiger partial charge is 0.507 e. The smallest absolute Gasteiger partial charge is 0.124 e. The van der Waals surface area contributed by atoms with E-state index in [1.807, 2.05) is 6.07 Å². The summed E-state index contributed by atoms with van der Waals surface area (Å²) in [6.07, 6.45) is 7.57. The van der Waals surface area contributed by atoms with Gasteiger partial charge >= 0.3 is 0 Å². The first-order valence-electron chi connectivity index (χ1n) is 5.98. The minimum absolute atomic E-state index is 0.0957. The van der Waals surface area contributed by atoms with Gasteiger partial charge in [0.1, 0.15) is 5.75 Å². The predicted molar refractivity (Wildman–Crippen MR) is 76.1 cm³/mol. The van der Waals surface area contributed by atoms with Crippen LogP contribution in [0.2, 0.25) is 0 Å². The summed E-state index contributed by atoms with van der Waals surface area (Å²) < 4.78 is 0.906. The van der Waals surface area contributed by atoms with Crippen LogP contribution < -0.4 is 0 Å². The van der Waals surface area contributed by atoms with Gasteiger partial charge in [-0.05, 0) is 31.0 Å². The summed E-state index contributed by atoms with van der Waals surface area (Å²) >= 11 is 3.36. The summed E-state index contributed by atoms with van der Waals surface area (Å²) in [5.41, 5.74) is 0.690. The zero-order valence-corrected chi connectivity index (χ0v) is 11.5. The topological polar surface area (TPSA) is 52.8 Å². The maximum atomic E-state index is 9.71. The highest BCUT2D eigenvalue weighted by atomic mass is 79.9. The van der Waals surface area contributed by atoms with E-state index in [0.29, 0.717) is 5.56 Å². The normalized spacial score (nSPS) is 23.7. The average molecular weight is 310 g/mol. The fourth-order valence-electron chi connectivity index (χ4n) is 2.04. The maximum absolute atomic E-state index is 9.71. The zero-order valence-electron chi connectivity index (χ0n) is 9.96. The number of phenols is 1. The molecule has 1 aromatic rings. The van der Waals surface area contributed by atoms with Gasteiger partial charge in [-0.15, -0.1) is 0 Å². The summed E-state index contributed by atoms with van der Waals surface area (Å²) in [7, 11) is 0. The number of hydrogen-bond acceptors (Lipinski definition) is 3. The summed E-state index contributed by atoms with van der Waals surface area (Å²) in [5, 5.41) is 19.0. The molecular weight excluding hydrogens is 294 g/mol. The minimum Gasteiger partial charge on any atom is -0.507 e. The van der Waals surface area contributed by atoms with Crippen LogP contribution in [0.25, 0.3) is 0 Å². The highest BCUT2D eigenvalue weighted by Gasteiger charge is 2.20. The van der Waals surface area contributed by atoms with Gasteiger partial charge in [-0.2, -0.15) is 0 Å². The van der Waals surface area contributed by atoms with Crippen LogP contribution in [0.4, 0.5) is 0 Å². The Balaban J connectivity index is 2.14. The van der Waals surface area contributed by atoms with Crippen molar-refractivity contribution in [3.63, 3.8) is 0 Å². The quantitative estimate of drug-likeness (QED) is 0.666. The van der Waals surface area contributed by atoms with Crippen molar-refractivity contribution in [2.75, 3.05) is 6.61 Å². The van der Waals surface area contributed by atoms with Gasteiger partial charge in [0.25, 0.3) is 0 Å². The van der Waals surface area contributed by atoms with Gasteiger partial charge in [0.05, 0.1) is 6.04 Å². The van der Waals surface area contributed by atoms with Gasteiger partial charge in [-0.3, -0.25) is 4.99 Å². The number of benzene rings is 1. The van der Waals surface area contributed by atoms with Gasteiger partial charge in [0.15, 0.2) is 0 Å². The van der Waals surface area contributed by atoms with E-state index < -0.39 is 0 Å². The first kappa shape index (κ1) is 13.3. The number of aliphatic hydroxyl groups is 1. The van der Waals surface area contributed by atoms with E-state index >= 15 is 0 Å². The summed E-state index contributed by atoms with van der Waals surface area (Å²) in [6, 6.07) is 5.34. The van der Waals surface area contributed by atoms with Gasteiger partial charge < -0.3 is 10.2 Å². The van der Waals surface area contributed by atoms with Crippen LogP contribution >= 0.6 is 15.9 Å². The van der Waals surface area contributed by atoms with Crippen LogP contribution in [0.1, 0.15) is 18.4 Å². The highest BCUT2D eigenvalue weighted by Crippen LogP contribution is 2.23. The second-order valence-corrected chi connectivity index (χ2v) is 5.35. The Morgan fingerprint density at radius 2 is 2.11 bits per heavy atom. The standard InChI is InChI=1S/C14H16BrNO2/c15-12-5-6-14(18)11(7-12)8-16-13-4-2-1-3-10(13)9-17/h1-2,5-8,10,13,17-18H,3-4,9H2/t10-,13+/m1/s1. The molecule has 96 valence electrons. The van der Waals surface area contributed by atoms with Crippen molar-refractivity contribution in [1.29, 1.82) is 0 Å². The molecule has 4 heteroatoms. The molecule has 0 amide bonds. The molecule has 3 nitrogen and oxygen atoms in total. The van der Waals surface area contributed by atoms with Crippen molar-refractivity contribution < 1.29 is 10.2 Å².